The van der Waals surface area contributed by atoms with Crippen LogP contribution >= 0.6 is 0 Å². The number of para-hydroxylation sites is 1. The summed E-state index contributed by atoms with van der Waals surface area (Å²) in [5, 5.41) is 2.76. The van der Waals surface area contributed by atoms with Gasteiger partial charge in [0.2, 0.25) is 0 Å². The van der Waals surface area contributed by atoms with E-state index in [4.69, 9.17) is 0 Å². The van der Waals surface area contributed by atoms with Crippen LogP contribution in [0.25, 0.3) is 0 Å². The lowest BCUT2D eigenvalue weighted by atomic mass is 10.0. The summed E-state index contributed by atoms with van der Waals surface area (Å²) in [6.07, 6.45) is 0. The molecule has 0 aliphatic heterocycles. The number of sulfonamides is 1. The van der Waals surface area contributed by atoms with Crippen molar-refractivity contribution in [3.8, 4) is 0 Å². The van der Waals surface area contributed by atoms with Crippen molar-refractivity contribution in [2.75, 3.05) is 4.72 Å². The molecule has 1 amide bonds. The average molecular weight is 360 g/mol. The number of carbonyl (C=O) groups is 1. The molecule has 0 aromatic heterocycles. The third kappa shape index (κ3) is 4.82. The highest BCUT2D eigenvalue weighted by Gasteiger charge is 2.18. The maximum Gasteiger partial charge on any atom is 0.261 e. The predicted octanol–water partition coefficient (Wildman–Crippen LogP) is 3.75. The summed E-state index contributed by atoms with van der Waals surface area (Å²) in [7, 11) is -3.78. The zero-order valence-electron chi connectivity index (χ0n) is 14.9. The minimum atomic E-state index is -3.78. The predicted molar refractivity (Wildman–Crippen MR) is 100 cm³/mol. The van der Waals surface area contributed by atoms with Crippen molar-refractivity contribution in [1.82, 2.24) is 5.32 Å². The SMILES string of the molecule is CC(C)NC(=O)c1cccc(S(=O)(=O)Nc2ccccc2C(C)C)c1. The van der Waals surface area contributed by atoms with E-state index >= 15 is 0 Å². The van der Waals surface area contributed by atoms with Gasteiger partial charge >= 0.3 is 0 Å². The first-order valence-corrected chi connectivity index (χ1v) is 9.71. The highest BCUT2D eigenvalue weighted by Crippen LogP contribution is 2.26. The molecular weight excluding hydrogens is 336 g/mol. The largest absolute Gasteiger partial charge is 0.350 e. The maximum absolute atomic E-state index is 12.7. The zero-order chi connectivity index (χ0) is 18.6. The van der Waals surface area contributed by atoms with Gasteiger partial charge in [-0.2, -0.15) is 0 Å². The molecule has 0 radical (unpaired) electrons. The minimum Gasteiger partial charge on any atom is -0.350 e. The molecule has 2 aromatic rings. The number of hydrogen-bond acceptors (Lipinski definition) is 3. The molecule has 0 atom stereocenters. The molecule has 6 heteroatoms. The molecule has 2 aromatic carbocycles. The van der Waals surface area contributed by atoms with Crippen LogP contribution in [0, 0.1) is 0 Å². The molecule has 0 spiro atoms. The second kappa shape index (κ2) is 7.70. The van der Waals surface area contributed by atoms with E-state index in [9.17, 15) is 13.2 Å². The fraction of sp³-hybridized carbons (Fsp3) is 0.316. The Morgan fingerprint density at radius 1 is 0.960 bits per heavy atom. The van der Waals surface area contributed by atoms with Gasteiger partial charge in [0.05, 0.1) is 10.6 Å². The topological polar surface area (TPSA) is 75.3 Å². The fourth-order valence-electron chi connectivity index (χ4n) is 2.45. The molecule has 25 heavy (non-hydrogen) atoms. The van der Waals surface area contributed by atoms with Gasteiger partial charge in [0.15, 0.2) is 0 Å². The molecular formula is C19H24N2O3S. The van der Waals surface area contributed by atoms with Crippen molar-refractivity contribution in [1.29, 1.82) is 0 Å². The summed E-state index contributed by atoms with van der Waals surface area (Å²) in [5.74, 6) is -0.114. The number of hydrogen-bond donors (Lipinski definition) is 2. The molecule has 2 N–H and O–H groups in total. The Morgan fingerprint density at radius 2 is 1.64 bits per heavy atom. The van der Waals surface area contributed by atoms with Crippen molar-refractivity contribution < 1.29 is 13.2 Å². The molecule has 0 aliphatic carbocycles. The standard InChI is InChI=1S/C19H24N2O3S/c1-13(2)17-10-5-6-11-18(17)21-25(23,24)16-9-7-8-15(12-16)19(22)20-14(3)4/h5-14,21H,1-4H3,(H,20,22). The highest BCUT2D eigenvalue weighted by molar-refractivity contribution is 7.92. The van der Waals surface area contributed by atoms with Gasteiger partial charge in [-0.05, 0) is 49.6 Å². The van der Waals surface area contributed by atoms with Crippen LogP contribution in [0.5, 0.6) is 0 Å². The number of amides is 1. The van der Waals surface area contributed by atoms with Gasteiger partial charge in [-0.1, -0.05) is 38.1 Å². The van der Waals surface area contributed by atoms with Gasteiger partial charge in [-0.25, -0.2) is 8.42 Å². The van der Waals surface area contributed by atoms with E-state index in [1.807, 2.05) is 39.8 Å². The van der Waals surface area contributed by atoms with Gasteiger partial charge in [0, 0.05) is 11.6 Å². The number of carbonyl (C=O) groups excluding carboxylic acids is 1. The molecule has 2 rings (SSSR count). The van der Waals surface area contributed by atoms with E-state index in [-0.39, 0.29) is 22.8 Å². The minimum absolute atomic E-state index is 0.0243. The van der Waals surface area contributed by atoms with Crippen molar-refractivity contribution in [3.63, 3.8) is 0 Å². The lowest BCUT2D eigenvalue weighted by molar-refractivity contribution is 0.0943. The second-order valence-electron chi connectivity index (χ2n) is 6.50. The van der Waals surface area contributed by atoms with Gasteiger partial charge < -0.3 is 5.32 Å². The van der Waals surface area contributed by atoms with Crippen molar-refractivity contribution in [3.05, 3.63) is 59.7 Å². The molecule has 0 fully saturated rings. The molecule has 0 saturated carbocycles. The third-order valence-corrected chi connectivity index (χ3v) is 5.02. The molecule has 0 bridgehead atoms. The zero-order valence-corrected chi connectivity index (χ0v) is 15.7. The smallest absolute Gasteiger partial charge is 0.261 e. The first-order chi connectivity index (χ1) is 11.7. The quantitative estimate of drug-likeness (QED) is 0.824. The Labute approximate surface area is 149 Å². The van der Waals surface area contributed by atoms with Crippen LogP contribution in [0.15, 0.2) is 53.4 Å². The van der Waals surface area contributed by atoms with Crippen LogP contribution in [0.4, 0.5) is 5.69 Å². The number of rotatable bonds is 6. The van der Waals surface area contributed by atoms with Crippen LogP contribution in [0.2, 0.25) is 0 Å². The Balaban J connectivity index is 2.33. The summed E-state index contributed by atoms with van der Waals surface area (Å²) >= 11 is 0. The van der Waals surface area contributed by atoms with Gasteiger partial charge in [-0.3, -0.25) is 9.52 Å². The Hall–Kier alpha value is -2.34. The lowest BCUT2D eigenvalue weighted by Gasteiger charge is -2.15. The van der Waals surface area contributed by atoms with Crippen LogP contribution in [-0.2, 0) is 10.0 Å². The Bertz CT molecular complexity index is 858. The van der Waals surface area contributed by atoms with Crippen LogP contribution in [-0.4, -0.2) is 20.4 Å². The molecule has 0 aliphatic rings. The molecule has 134 valence electrons. The summed E-state index contributed by atoms with van der Waals surface area (Å²) in [5.41, 5.74) is 1.78. The van der Waals surface area contributed by atoms with E-state index in [0.717, 1.165) is 5.56 Å². The van der Waals surface area contributed by atoms with Crippen LogP contribution in [0.3, 0.4) is 0 Å². The first-order valence-electron chi connectivity index (χ1n) is 8.23. The Kier molecular flexibility index (Phi) is 5.85. The molecule has 0 heterocycles. The van der Waals surface area contributed by atoms with Gasteiger partial charge in [0.1, 0.15) is 0 Å². The fourth-order valence-corrected chi connectivity index (χ4v) is 3.58. The second-order valence-corrected chi connectivity index (χ2v) is 8.19. The third-order valence-electron chi connectivity index (χ3n) is 3.65. The van der Waals surface area contributed by atoms with Crippen molar-refractivity contribution in [2.45, 2.75) is 44.6 Å². The van der Waals surface area contributed by atoms with Crippen molar-refractivity contribution >= 4 is 21.6 Å². The van der Waals surface area contributed by atoms with Gasteiger partial charge in [-0.15, -0.1) is 0 Å². The molecule has 5 nitrogen and oxygen atoms in total. The number of nitrogens with one attached hydrogen (secondary N) is 2. The first kappa shape index (κ1) is 19.0. The molecule has 0 unspecified atom stereocenters. The van der Waals surface area contributed by atoms with Crippen molar-refractivity contribution in [2.24, 2.45) is 0 Å². The van der Waals surface area contributed by atoms with E-state index in [1.54, 1.807) is 24.3 Å². The van der Waals surface area contributed by atoms with Gasteiger partial charge in [0.25, 0.3) is 15.9 Å². The highest BCUT2D eigenvalue weighted by atomic mass is 32.2. The summed E-state index contributed by atoms with van der Waals surface area (Å²) < 4.78 is 28.1. The van der Waals surface area contributed by atoms with E-state index < -0.39 is 10.0 Å². The summed E-state index contributed by atoms with van der Waals surface area (Å²) in [6.45, 7) is 7.71. The summed E-state index contributed by atoms with van der Waals surface area (Å²) in [4.78, 5) is 12.2. The Morgan fingerprint density at radius 3 is 2.28 bits per heavy atom. The normalized spacial score (nSPS) is 11.6. The number of anilines is 1. The van der Waals surface area contributed by atoms with Crippen LogP contribution < -0.4 is 10.0 Å². The van der Waals surface area contributed by atoms with E-state index in [0.29, 0.717) is 11.3 Å². The van der Waals surface area contributed by atoms with E-state index in [2.05, 4.69) is 10.0 Å². The summed E-state index contributed by atoms with van der Waals surface area (Å²) in [6, 6.07) is 13.3. The number of benzene rings is 2. The van der Waals surface area contributed by atoms with E-state index in [1.165, 1.54) is 12.1 Å². The average Bonchev–Trinajstić information content (AvgIpc) is 2.54. The maximum atomic E-state index is 12.7. The monoisotopic (exact) mass is 360 g/mol. The lowest BCUT2D eigenvalue weighted by Crippen LogP contribution is -2.30. The molecule has 0 saturated heterocycles. The van der Waals surface area contributed by atoms with Crippen LogP contribution in [0.1, 0.15) is 49.5 Å².